The Morgan fingerprint density at radius 3 is 2.43 bits per heavy atom. The zero-order valence-corrected chi connectivity index (χ0v) is 20.3. The summed E-state index contributed by atoms with van der Waals surface area (Å²) >= 11 is 5.22. The normalized spacial score (nSPS) is 22.0. The number of rotatable bonds is 4. The van der Waals surface area contributed by atoms with Crippen LogP contribution < -0.4 is 0 Å². The van der Waals surface area contributed by atoms with Gasteiger partial charge in [-0.15, -0.1) is 0 Å². The fourth-order valence-corrected chi connectivity index (χ4v) is 3.79. The Kier molecular flexibility index (Phi) is 7.11. The number of thiocarbonyl (C=S) groups is 1. The van der Waals surface area contributed by atoms with Gasteiger partial charge in [0.1, 0.15) is 12.2 Å². The first-order chi connectivity index (χ1) is 16.4. The Balaban J connectivity index is 2.13. The molecule has 0 aromatic heterocycles. The first kappa shape index (κ1) is 25.6. The number of methoxy groups -OCH3 is 1. The Hall–Kier alpha value is -3.98. The lowest BCUT2D eigenvalue weighted by molar-refractivity contribution is -0.159. The van der Waals surface area contributed by atoms with Crippen molar-refractivity contribution in [3.05, 3.63) is 41.5 Å². The Labute approximate surface area is 206 Å². The summed E-state index contributed by atoms with van der Waals surface area (Å²) < 4.78 is 20.8. The molecule has 12 heteroatoms. The van der Waals surface area contributed by atoms with Crippen molar-refractivity contribution in [2.45, 2.75) is 38.0 Å². The average Bonchev–Trinajstić information content (AvgIpc) is 3.36. The molecule has 1 aromatic carbocycles. The summed E-state index contributed by atoms with van der Waals surface area (Å²) in [5.41, 5.74) is -2.25. The van der Waals surface area contributed by atoms with Crippen LogP contribution in [0, 0.1) is 11.3 Å². The second kappa shape index (κ2) is 9.71. The first-order valence-electron chi connectivity index (χ1n) is 10.4. The maximum Gasteiger partial charge on any atom is 0.418 e. The van der Waals surface area contributed by atoms with E-state index in [1.54, 1.807) is 45.0 Å². The van der Waals surface area contributed by atoms with Gasteiger partial charge in [0, 0.05) is 0 Å². The molecular weight excluding hydrogens is 478 g/mol. The van der Waals surface area contributed by atoms with E-state index in [4.69, 9.17) is 36.4 Å². The maximum atomic E-state index is 13.6. The predicted molar refractivity (Wildman–Crippen MR) is 124 cm³/mol. The molecule has 2 aliphatic rings. The highest BCUT2D eigenvalue weighted by atomic mass is 32.1. The molecule has 3 rings (SSSR count). The van der Waals surface area contributed by atoms with Crippen molar-refractivity contribution < 1.29 is 38.1 Å². The highest BCUT2D eigenvalue weighted by molar-refractivity contribution is 7.80. The minimum absolute atomic E-state index is 0.0542. The number of hydrogen-bond donors (Lipinski definition) is 0. The minimum atomic E-state index is -2.24. The Morgan fingerprint density at radius 2 is 1.91 bits per heavy atom. The van der Waals surface area contributed by atoms with Crippen molar-refractivity contribution in [1.82, 2.24) is 9.80 Å². The van der Waals surface area contributed by atoms with Gasteiger partial charge >= 0.3 is 18.2 Å². The van der Waals surface area contributed by atoms with Crippen molar-refractivity contribution in [3.63, 3.8) is 0 Å². The van der Waals surface area contributed by atoms with Crippen molar-refractivity contribution in [3.8, 4) is 6.07 Å². The van der Waals surface area contributed by atoms with Crippen LogP contribution in [0.25, 0.3) is 6.08 Å². The van der Waals surface area contributed by atoms with Gasteiger partial charge in [-0.3, -0.25) is 4.79 Å². The van der Waals surface area contributed by atoms with Gasteiger partial charge in [-0.2, -0.15) is 5.26 Å². The third-order valence-corrected chi connectivity index (χ3v) is 5.32. The molecule has 0 radical (unpaired) electrons. The third kappa shape index (κ3) is 5.09. The summed E-state index contributed by atoms with van der Waals surface area (Å²) in [7, 11) is 1.08. The van der Waals surface area contributed by atoms with Crippen molar-refractivity contribution in [1.29, 1.82) is 5.26 Å². The molecule has 0 bridgehead atoms. The number of esters is 1. The lowest BCUT2D eigenvalue weighted by Crippen LogP contribution is -2.60. The number of cyclic esters (lactones) is 1. The standard InChI is InChI=1S/C23H23N3O8S/c1-22(2,3)33-20(30)26-16(17(27)25-11-12-32-19(25)29)23(18(28)31-4,34-21(26)35)10-9-14-5-7-15(13-24)8-6-14/h5-10,16H,11-12H2,1-4H3/b10-9+/t16-,23-/m1/s1. The highest BCUT2D eigenvalue weighted by Crippen LogP contribution is 2.36. The van der Waals surface area contributed by atoms with Gasteiger partial charge in [0.25, 0.3) is 16.7 Å². The molecule has 2 saturated heterocycles. The first-order valence-corrected chi connectivity index (χ1v) is 10.9. The summed E-state index contributed by atoms with van der Waals surface area (Å²) in [6.45, 7) is 4.68. The number of hydrogen-bond acceptors (Lipinski definition) is 10. The average molecular weight is 502 g/mol. The van der Waals surface area contributed by atoms with E-state index >= 15 is 0 Å². The van der Waals surface area contributed by atoms with E-state index in [2.05, 4.69) is 0 Å². The number of imide groups is 1. The molecule has 35 heavy (non-hydrogen) atoms. The monoisotopic (exact) mass is 501 g/mol. The molecule has 184 valence electrons. The van der Waals surface area contributed by atoms with Crippen molar-refractivity contribution >= 4 is 47.5 Å². The molecule has 2 aliphatic heterocycles. The number of nitriles is 1. The summed E-state index contributed by atoms with van der Waals surface area (Å²) in [5, 5.41) is 8.48. The van der Waals surface area contributed by atoms with E-state index in [0.29, 0.717) is 16.0 Å². The van der Waals surface area contributed by atoms with Crippen LogP contribution in [0.4, 0.5) is 9.59 Å². The molecule has 3 amide bonds. The smallest absolute Gasteiger partial charge is 0.418 e. The molecule has 2 fully saturated rings. The third-order valence-electron chi connectivity index (χ3n) is 5.04. The van der Waals surface area contributed by atoms with Gasteiger partial charge in [-0.1, -0.05) is 18.2 Å². The number of carbonyl (C=O) groups is 4. The molecule has 2 heterocycles. The van der Waals surface area contributed by atoms with Crippen LogP contribution in [-0.2, 0) is 28.5 Å². The van der Waals surface area contributed by atoms with Crippen LogP contribution in [0.5, 0.6) is 0 Å². The van der Waals surface area contributed by atoms with Crippen LogP contribution >= 0.6 is 12.2 Å². The molecule has 11 nitrogen and oxygen atoms in total. The minimum Gasteiger partial charge on any atom is -0.466 e. The summed E-state index contributed by atoms with van der Waals surface area (Å²) in [6, 6.07) is 6.55. The number of nitrogens with zero attached hydrogens (tertiary/aromatic N) is 3. The van der Waals surface area contributed by atoms with Gasteiger partial charge < -0.3 is 18.9 Å². The van der Waals surface area contributed by atoms with Crippen LogP contribution in [0.1, 0.15) is 31.9 Å². The summed E-state index contributed by atoms with van der Waals surface area (Å²) in [5.74, 6) is -2.00. The van der Waals surface area contributed by atoms with E-state index in [1.165, 1.54) is 12.2 Å². The lowest BCUT2D eigenvalue weighted by atomic mass is 9.91. The lowest BCUT2D eigenvalue weighted by Gasteiger charge is -2.31. The van der Waals surface area contributed by atoms with E-state index < -0.39 is 46.5 Å². The van der Waals surface area contributed by atoms with Gasteiger partial charge in [0.15, 0.2) is 6.04 Å². The molecule has 0 spiro atoms. The second-order valence-electron chi connectivity index (χ2n) is 8.58. The molecule has 0 aliphatic carbocycles. The number of benzene rings is 1. The number of ether oxygens (including phenoxy) is 4. The largest absolute Gasteiger partial charge is 0.466 e. The molecule has 1 aromatic rings. The van der Waals surface area contributed by atoms with E-state index in [1.807, 2.05) is 6.07 Å². The van der Waals surface area contributed by atoms with Crippen molar-refractivity contribution in [2.75, 3.05) is 20.3 Å². The number of carbonyl (C=O) groups excluding carboxylic acids is 4. The second-order valence-corrected chi connectivity index (χ2v) is 8.93. The molecular formula is C23H23N3O8S. The SMILES string of the molecule is COC(=O)[C@]1(/C=C/c2ccc(C#N)cc2)OC(=S)N(C(=O)OC(C)(C)C)[C@@H]1C(=O)N1CCOC1=O. The Bertz CT molecular complexity index is 1130. The fraction of sp³-hybridized carbons (Fsp3) is 0.391. The summed E-state index contributed by atoms with van der Waals surface area (Å²) in [4.78, 5) is 53.4. The zero-order chi connectivity index (χ0) is 26.0. The summed E-state index contributed by atoms with van der Waals surface area (Å²) in [6.07, 6.45) is 0.681. The molecule has 0 N–H and O–H groups in total. The zero-order valence-electron chi connectivity index (χ0n) is 19.5. The van der Waals surface area contributed by atoms with E-state index in [9.17, 15) is 19.2 Å². The molecule has 0 unspecified atom stereocenters. The molecule has 0 saturated carbocycles. The van der Waals surface area contributed by atoms with Gasteiger partial charge in [0.05, 0.1) is 25.3 Å². The van der Waals surface area contributed by atoms with Crippen LogP contribution in [0.3, 0.4) is 0 Å². The fourth-order valence-electron chi connectivity index (χ4n) is 3.47. The quantitative estimate of drug-likeness (QED) is 0.344. The Morgan fingerprint density at radius 1 is 1.26 bits per heavy atom. The van der Waals surface area contributed by atoms with Gasteiger partial charge in [-0.05, 0) is 56.8 Å². The predicted octanol–water partition coefficient (Wildman–Crippen LogP) is 2.38. The van der Waals surface area contributed by atoms with Crippen LogP contribution in [0.2, 0.25) is 0 Å². The van der Waals surface area contributed by atoms with Gasteiger partial charge in [-0.25, -0.2) is 24.2 Å². The van der Waals surface area contributed by atoms with Crippen molar-refractivity contribution in [2.24, 2.45) is 0 Å². The van der Waals surface area contributed by atoms with Crippen LogP contribution in [-0.4, -0.2) is 76.5 Å². The molecule has 2 atom stereocenters. The van der Waals surface area contributed by atoms with Crippen LogP contribution in [0.15, 0.2) is 30.3 Å². The maximum absolute atomic E-state index is 13.6. The van der Waals surface area contributed by atoms with E-state index in [-0.39, 0.29) is 13.2 Å². The van der Waals surface area contributed by atoms with Gasteiger partial charge in [0.2, 0.25) is 0 Å². The number of amides is 3. The topological polar surface area (TPSA) is 135 Å². The van der Waals surface area contributed by atoms with E-state index in [0.717, 1.165) is 12.0 Å². The highest BCUT2D eigenvalue weighted by Gasteiger charge is 2.64.